The molecule has 0 fully saturated rings. The van der Waals surface area contributed by atoms with Crippen LogP contribution in [0.15, 0.2) is 18.2 Å². The topological polar surface area (TPSA) is 38.0 Å². The van der Waals surface area contributed by atoms with Crippen molar-refractivity contribution in [3.05, 3.63) is 29.6 Å². The van der Waals surface area contributed by atoms with E-state index >= 15 is 0 Å². The van der Waals surface area contributed by atoms with E-state index in [-0.39, 0.29) is 11.5 Å². The number of anilines is 1. The van der Waals surface area contributed by atoms with Gasteiger partial charge in [-0.05, 0) is 44.1 Å². The number of hydrogen-bond donors (Lipinski definition) is 2. The lowest BCUT2D eigenvalue weighted by Gasteiger charge is -2.02. The average molecular weight is 182 g/mol. The molecule has 3 N–H and O–H groups in total. The first kappa shape index (κ1) is 9.99. The molecule has 0 aliphatic carbocycles. The molecule has 0 radical (unpaired) electrons. The fraction of sp³-hybridized carbons (Fsp3) is 0.400. The number of nitrogen functional groups attached to an aromatic ring is 1. The highest BCUT2D eigenvalue weighted by Crippen LogP contribution is 2.13. The quantitative estimate of drug-likeness (QED) is 0.548. The van der Waals surface area contributed by atoms with Gasteiger partial charge in [0.15, 0.2) is 0 Å². The molecule has 0 spiro atoms. The van der Waals surface area contributed by atoms with Crippen LogP contribution in [0.3, 0.4) is 0 Å². The molecule has 0 bridgehead atoms. The van der Waals surface area contributed by atoms with Crippen LogP contribution in [0, 0.1) is 5.82 Å². The zero-order valence-corrected chi connectivity index (χ0v) is 7.81. The summed E-state index contributed by atoms with van der Waals surface area (Å²) in [5.41, 5.74) is 6.76. The van der Waals surface area contributed by atoms with Gasteiger partial charge < -0.3 is 11.1 Å². The molecule has 0 heterocycles. The molecule has 1 rings (SSSR count). The summed E-state index contributed by atoms with van der Waals surface area (Å²) in [4.78, 5) is 0. The van der Waals surface area contributed by atoms with E-state index in [1.807, 2.05) is 7.05 Å². The van der Waals surface area contributed by atoms with Crippen molar-refractivity contribution < 1.29 is 4.39 Å². The van der Waals surface area contributed by atoms with E-state index in [1.165, 1.54) is 6.07 Å². The third kappa shape index (κ3) is 3.03. The summed E-state index contributed by atoms with van der Waals surface area (Å²) in [6.45, 7) is 0.970. The second-order valence-electron chi connectivity index (χ2n) is 3.06. The predicted molar refractivity (Wildman–Crippen MR) is 53.1 cm³/mol. The van der Waals surface area contributed by atoms with Gasteiger partial charge in [0.1, 0.15) is 5.82 Å². The molecule has 1 aromatic carbocycles. The van der Waals surface area contributed by atoms with Crippen LogP contribution >= 0.6 is 0 Å². The lowest BCUT2D eigenvalue weighted by Crippen LogP contribution is -2.08. The molecule has 3 heteroatoms. The number of nitrogens with two attached hydrogens (primary N) is 1. The second-order valence-corrected chi connectivity index (χ2v) is 3.06. The highest BCUT2D eigenvalue weighted by Gasteiger charge is 1.98. The number of aryl methyl sites for hydroxylation is 1. The number of nitrogens with one attached hydrogen (secondary N) is 1. The summed E-state index contributed by atoms with van der Waals surface area (Å²) >= 11 is 0. The van der Waals surface area contributed by atoms with Crippen LogP contribution < -0.4 is 11.1 Å². The zero-order valence-electron chi connectivity index (χ0n) is 7.81. The Morgan fingerprint density at radius 2 is 2.23 bits per heavy atom. The largest absolute Gasteiger partial charge is 0.396 e. The van der Waals surface area contributed by atoms with Gasteiger partial charge in [0, 0.05) is 0 Å². The standard InChI is InChI=1S/C10H15FN2/c1-13-6-2-3-8-4-5-9(11)10(12)7-8/h4-5,7,13H,2-3,6,12H2,1H3. The molecule has 0 saturated carbocycles. The van der Waals surface area contributed by atoms with E-state index in [0.717, 1.165) is 24.9 Å². The monoisotopic (exact) mass is 182 g/mol. The minimum absolute atomic E-state index is 0.238. The van der Waals surface area contributed by atoms with Gasteiger partial charge in [0.2, 0.25) is 0 Å². The smallest absolute Gasteiger partial charge is 0.146 e. The fourth-order valence-electron chi connectivity index (χ4n) is 1.22. The van der Waals surface area contributed by atoms with Crippen LogP contribution in [0.4, 0.5) is 10.1 Å². The summed E-state index contributed by atoms with van der Waals surface area (Å²) < 4.78 is 12.7. The average Bonchev–Trinajstić information content (AvgIpc) is 2.12. The van der Waals surface area contributed by atoms with Gasteiger partial charge in [-0.3, -0.25) is 0 Å². The molecular weight excluding hydrogens is 167 g/mol. The van der Waals surface area contributed by atoms with Gasteiger partial charge >= 0.3 is 0 Å². The van der Waals surface area contributed by atoms with Gasteiger partial charge in [0.05, 0.1) is 5.69 Å². The Bertz CT molecular complexity index is 274. The lowest BCUT2D eigenvalue weighted by atomic mass is 10.1. The van der Waals surface area contributed by atoms with E-state index in [0.29, 0.717) is 0 Å². The Morgan fingerprint density at radius 3 is 2.85 bits per heavy atom. The maximum atomic E-state index is 12.7. The Labute approximate surface area is 77.9 Å². The molecule has 0 amide bonds. The van der Waals surface area contributed by atoms with Crippen LogP contribution in [-0.2, 0) is 6.42 Å². The molecule has 0 aliphatic heterocycles. The van der Waals surface area contributed by atoms with Crippen molar-refractivity contribution in [2.45, 2.75) is 12.8 Å². The minimum Gasteiger partial charge on any atom is -0.396 e. The first-order valence-corrected chi connectivity index (χ1v) is 4.42. The highest BCUT2D eigenvalue weighted by atomic mass is 19.1. The van der Waals surface area contributed by atoms with Crippen molar-refractivity contribution in [3.8, 4) is 0 Å². The normalized spacial score (nSPS) is 10.3. The number of rotatable bonds is 4. The summed E-state index contributed by atoms with van der Waals surface area (Å²) in [7, 11) is 1.92. The zero-order chi connectivity index (χ0) is 9.68. The highest BCUT2D eigenvalue weighted by molar-refractivity contribution is 5.42. The third-order valence-corrected chi connectivity index (χ3v) is 1.95. The first-order valence-electron chi connectivity index (χ1n) is 4.42. The van der Waals surface area contributed by atoms with Crippen LogP contribution in [0.2, 0.25) is 0 Å². The van der Waals surface area contributed by atoms with E-state index in [1.54, 1.807) is 12.1 Å². The van der Waals surface area contributed by atoms with Crippen molar-refractivity contribution in [2.24, 2.45) is 0 Å². The molecular formula is C10H15FN2. The van der Waals surface area contributed by atoms with Crippen LogP contribution in [0.25, 0.3) is 0 Å². The summed E-state index contributed by atoms with van der Waals surface area (Å²) in [6, 6.07) is 4.90. The second kappa shape index (κ2) is 4.82. The molecule has 0 aromatic heterocycles. The van der Waals surface area contributed by atoms with Gasteiger partial charge in [0.25, 0.3) is 0 Å². The van der Waals surface area contributed by atoms with Crippen molar-refractivity contribution in [1.82, 2.24) is 5.32 Å². The van der Waals surface area contributed by atoms with E-state index in [4.69, 9.17) is 5.73 Å². The van der Waals surface area contributed by atoms with E-state index < -0.39 is 0 Å². The number of benzene rings is 1. The lowest BCUT2D eigenvalue weighted by molar-refractivity contribution is 0.631. The van der Waals surface area contributed by atoms with Crippen molar-refractivity contribution in [2.75, 3.05) is 19.3 Å². The predicted octanol–water partition coefficient (Wildman–Crippen LogP) is 1.56. The van der Waals surface area contributed by atoms with Crippen molar-refractivity contribution in [1.29, 1.82) is 0 Å². The molecule has 13 heavy (non-hydrogen) atoms. The van der Waals surface area contributed by atoms with Gasteiger partial charge in [-0.2, -0.15) is 0 Å². The van der Waals surface area contributed by atoms with Gasteiger partial charge in [-0.25, -0.2) is 4.39 Å². The first-order chi connectivity index (χ1) is 6.24. The molecule has 2 nitrogen and oxygen atoms in total. The van der Waals surface area contributed by atoms with Gasteiger partial charge in [-0.15, -0.1) is 0 Å². The van der Waals surface area contributed by atoms with Crippen molar-refractivity contribution in [3.63, 3.8) is 0 Å². The Kier molecular flexibility index (Phi) is 3.71. The van der Waals surface area contributed by atoms with Crippen LogP contribution in [0.5, 0.6) is 0 Å². The summed E-state index contributed by atoms with van der Waals surface area (Å²) in [5, 5.41) is 3.06. The third-order valence-electron chi connectivity index (χ3n) is 1.95. The fourth-order valence-corrected chi connectivity index (χ4v) is 1.22. The Hall–Kier alpha value is -1.09. The molecule has 0 saturated heterocycles. The number of hydrogen-bond acceptors (Lipinski definition) is 2. The Balaban J connectivity index is 2.53. The molecule has 72 valence electrons. The molecule has 0 unspecified atom stereocenters. The van der Waals surface area contributed by atoms with Crippen LogP contribution in [0.1, 0.15) is 12.0 Å². The Morgan fingerprint density at radius 1 is 1.46 bits per heavy atom. The van der Waals surface area contributed by atoms with Gasteiger partial charge in [-0.1, -0.05) is 6.07 Å². The van der Waals surface area contributed by atoms with E-state index in [2.05, 4.69) is 5.32 Å². The maximum Gasteiger partial charge on any atom is 0.146 e. The molecule has 1 aromatic rings. The molecule has 0 atom stereocenters. The van der Waals surface area contributed by atoms with Crippen LogP contribution in [-0.4, -0.2) is 13.6 Å². The van der Waals surface area contributed by atoms with E-state index in [9.17, 15) is 4.39 Å². The molecule has 0 aliphatic rings. The summed E-state index contributed by atoms with van der Waals surface area (Å²) in [6.07, 6.45) is 1.98. The SMILES string of the molecule is CNCCCc1ccc(F)c(N)c1. The number of halogens is 1. The minimum atomic E-state index is -0.336. The summed E-state index contributed by atoms with van der Waals surface area (Å²) in [5.74, 6) is -0.336. The van der Waals surface area contributed by atoms with Crippen molar-refractivity contribution >= 4 is 5.69 Å². The maximum absolute atomic E-state index is 12.7.